The number of benzene rings is 1. The third-order valence-electron chi connectivity index (χ3n) is 5.56. The van der Waals surface area contributed by atoms with Crippen molar-refractivity contribution < 1.29 is 22.3 Å². The minimum Gasteiger partial charge on any atom is -0.381 e. The van der Waals surface area contributed by atoms with Gasteiger partial charge in [0.25, 0.3) is 5.91 Å². The van der Waals surface area contributed by atoms with Crippen molar-refractivity contribution in [3.63, 3.8) is 0 Å². The molecule has 1 aromatic carbocycles. The van der Waals surface area contributed by atoms with Gasteiger partial charge in [0.05, 0.1) is 11.3 Å². The molecule has 162 valence electrons. The van der Waals surface area contributed by atoms with E-state index in [1.165, 1.54) is 28.8 Å². The number of rotatable bonds is 7. The van der Waals surface area contributed by atoms with Crippen LogP contribution in [0.2, 0.25) is 5.02 Å². The highest BCUT2D eigenvalue weighted by Gasteiger charge is 2.35. The van der Waals surface area contributed by atoms with Gasteiger partial charge in [-0.2, -0.15) is 0 Å². The summed E-state index contributed by atoms with van der Waals surface area (Å²) in [7, 11) is -3.21. The maximum Gasteiger partial charge on any atom is 0.251 e. The highest BCUT2D eigenvalue weighted by molar-refractivity contribution is 7.88. The molecule has 2 fully saturated rings. The van der Waals surface area contributed by atoms with Crippen LogP contribution in [0.5, 0.6) is 0 Å². The smallest absolute Gasteiger partial charge is 0.251 e. The molecule has 1 unspecified atom stereocenters. The number of ether oxygens (including phenoxy) is 1. The fraction of sp³-hybridized carbons (Fsp3) is 0.632. The Morgan fingerprint density at radius 2 is 2.03 bits per heavy atom. The second kappa shape index (κ2) is 9.70. The molecule has 1 N–H and O–H groups in total. The zero-order chi connectivity index (χ0) is 21.0. The Bertz CT molecular complexity index is 833. The first-order valence-corrected chi connectivity index (χ1v) is 12.0. The van der Waals surface area contributed by atoms with E-state index in [2.05, 4.69) is 10.2 Å². The Kier molecular flexibility index (Phi) is 7.50. The molecule has 2 heterocycles. The lowest BCUT2D eigenvalue weighted by atomic mass is 10.0. The summed E-state index contributed by atoms with van der Waals surface area (Å²) >= 11 is 5.75. The molecule has 3 rings (SSSR count). The van der Waals surface area contributed by atoms with Crippen molar-refractivity contribution in [2.45, 2.75) is 31.3 Å². The van der Waals surface area contributed by atoms with Gasteiger partial charge in [0, 0.05) is 57.0 Å². The van der Waals surface area contributed by atoms with Crippen molar-refractivity contribution in [2.24, 2.45) is 0 Å². The van der Waals surface area contributed by atoms with Crippen LogP contribution in [-0.4, -0.2) is 81.3 Å². The van der Waals surface area contributed by atoms with Crippen LogP contribution in [0.25, 0.3) is 0 Å². The molecule has 0 spiro atoms. The van der Waals surface area contributed by atoms with Crippen LogP contribution in [0.1, 0.15) is 29.6 Å². The standard InChI is InChI=1S/C19H27ClFN3O4S/c1-29(26,27)23-8-4-16(13-23)24(15-5-10-28-11-6-15)9-7-22-19(25)14-2-3-18(21)17(20)12-14/h2-3,12,15-16H,4-11,13H2,1H3,(H,22,25). The predicted molar refractivity (Wildman–Crippen MR) is 109 cm³/mol. The number of sulfonamides is 1. The Morgan fingerprint density at radius 1 is 1.31 bits per heavy atom. The first-order valence-electron chi connectivity index (χ1n) is 9.77. The molecular weight excluding hydrogens is 421 g/mol. The predicted octanol–water partition coefficient (Wildman–Crippen LogP) is 1.72. The number of hydrogen-bond acceptors (Lipinski definition) is 5. The minimum atomic E-state index is -3.21. The van der Waals surface area contributed by atoms with Gasteiger partial charge in [0.2, 0.25) is 10.0 Å². The van der Waals surface area contributed by atoms with Gasteiger partial charge >= 0.3 is 0 Å². The number of carbonyl (C=O) groups excluding carboxylic acids is 1. The molecule has 2 aliphatic heterocycles. The van der Waals surface area contributed by atoms with Gasteiger partial charge in [0.15, 0.2) is 0 Å². The van der Waals surface area contributed by atoms with Gasteiger partial charge in [-0.25, -0.2) is 17.1 Å². The third-order valence-corrected chi connectivity index (χ3v) is 7.12. The van der Waals surface area contributed by atoms with Crippen molar-refractivity contribution in [1.29, 1.82) is 0 Å². The van der Waals surface area contributed by atoms with Crippen LogP contribution < -0.4 is 5.32 Å². The van der Waals surface area contributed by atoms with Crippen molar-refractivity contribution in [3.8, 4) is 0 Å². The molecule has 0 aliphatic carbocycles. The van der Waals surface area contributed by atoms with E-state index in [0.717, 1.165) is 19.3 Å². The van der Waals surface area contributed by atoms with E-state index in [1.54, 1.807) is 0 Å². The molecule has 2 aliphatic rings. The number of carbonyl (C=O) groups is 1. The maximum atomic E-state index is 13.3. The van der Waals surface area contributed by atoms with Gasteiger partial charge in [-0.05, 0) is 37.5 Å². The summed E-state index contributed by atoms with van der Waals surface area (Å²) in [6.45, 7) is 3.36. The van der Waals surface area contributed by atoms with E-state index < -0.39 is 15.8 Å². The molecule has 0 radical (unpaired) electrons. The van der Waals surface area contributed by atoms with Gasteiger partial charge < -0.3 is 10.1 Å². The van der Waals surface area contributed by atoms with Crippen molar-refractivity contribution in [3.05, 3.63) is 34.6 Å². The average molecular weight is 448 g/mol. The number of halogens is 2. The zero-order valence-corrected chi connectivity index (χ0v) is 18.0. The summed E-state index contributed by atoms with van der Waals surface area (Å²) < 4.78 is 44.0. The molecule has 7 nitrogen and oxygen atoms in total. The average Bonchev–Trinajstić information content (AvgIpc) is 3.18. The van der Waals surface area contributed by atoms with E-state index in [-0.39, 0.29) is 17.0 Å². The Balaban J connectivity index is 1.61. The highest BCUT2D eigenvalue weighted by atomic mass is 35.5. The second-order valence-electron chi connectivity index (χ2n) is 7.53. The molecule has 0 saturated carbocycles. The van der Waals surface area contributed by atoms with Crippen LogP contribution in [0.15, 0.2) is 18.2 Å². The molecule has 1 amide bonds. The largest absolute Gasteiger partial charge is 0.381 e. The molecule has 2 saturated heterocycles. The topological polar surface area (TPSA) is 79.0 Å². The van der Waals surface area contributed by atoms with Crippen LogP contribution in [0.3, 0.4) is 0 Å². The molecule has 1 aromatic rings. The first-order chi connectivity index (χ1) is 13.8. The summed E-state index contributed by atoms with van der Waals surface area (Å²) in [5.41, 5.74) is 0.304. The SMILES string of the molecule is CS(=O)(=O)N1CCC(N(CCNC(=O)c2ccc(F)c(Cl)c2)C2CCOCC2)C1. The number of amides is 1. The lowest BCUT2D eigenvalue weighted by molar-refractivity contribution is 0.0194. The minimum absolute atomic E-state index is 0.0895. The normalized spacial score (nSPS) is 21.6. The number of nitrogens with one attached hydrogen (secondary N) is 1. The summed E-state index contributed by atoms with van der Waals surface area (Å²) in [6, 6.07) is 4.29. The van der Waals surface area contributed by atoms with E-state index in [1.807, 2.05) is 0 Å². The Morgan fingerprint density at radius 3 is 2.66 bits per heavy atom. The summed E-state index contributed by atoms with van der Waals surface area (Å²) in [5.74, 6) is -0.881. The van der Waals surface area contributed by atoms with Gasteiger partial charge in [-0.3, -0.25) is 9.69 Å². The van der Waals surface area contributed by atoms with E-state index in [0.29, 0.717) is 51.0 Å². The van der Waals surface area contributed by atoms with Crippen molar-refractivity contribution in [1.82, 2.24) is 14.5 Å². The van der Waals surface area contributed by atoms with Crippen molar-refractivity contribution in [2.75, 3.05) is 45.6 Å². The third kappa shape index (κ3) is 5.88. The first kappa shape index (κ1) is 22.4. The van der Waals surface area contributed by atoms with Crippen LogP contribution in [-0.2, 0) is 14.8 Å². The Labute approximate surface area is 176 Å². The molecule has 10 heteroatoms. The van der Waals surface area contributed by atoms with Gasteiger partial charge in [0.1, 0.15) is 5.82 Å². The quantitative estimate of drug-likeness (QED) is 0.688. The fourth-order valence-corrected chi connectivity index (χ4v) is 5.06. The lowest BCUT2D eigenvalue weighted by Crippen LogP contribution is -2.50. The van der Waals surface area contributed by atoms with Crippen LogP contribution >= 0.6 is 11.6 Å². The zero-order valence-electron chi connectivity index (χ0n) is 16.4. The summed E-state index contributed by atoms with van der Waals surface area (Å²) in [4.78, 5) is 14.7. The maximum absolute atomic E-state index is 13.3. The molecule has 29 heavy (non-hydrogen) atoms. The fourth-order valence-electron chi connectivity index (χ4n) is 4.00. The highest BCUT2D eigenvalue weighted by Crippen LogP contribution is 2.24. The molecular formula is C19H27ClFN3O4S. The Hall–Kier alpha value is -1.26. The van der Waals surface area contributed by atoms with Crippen LogP contribution in [0.4, 0.5) is 4.39 Å². The number of nitrogens with zero attached hydrogens (tertiary/aromatic N) is 2. The van der Waals surface area contributed by atoms with Gasteiger partial charge in [-0.15, -0.1) is 0 Å². The van der Waals surface area contributed by atoms with E-state index in [4.69, 9.17) is 16.3 Å². The lowest BCUT2D eigenvalue weighted by Gasteiger charge is -2.38. The van der Waals surface area contributed by atoms with Crippen LogP contribution in [0, 0.1) is 5.82 Å². The molecule has 1 atom stereocenters. The van der Waals surface area contributed by atoms with E-state index >= 15 is 0 Å². The monoisotopic (exact) mass is 447 g/mol. The second-order valence-corrected chi connectivity index (χ2v) is 9.92. The van der Waals surface area contributed by atoms with Crippen molar-refractivity contribution >= 4 is 27.5 Å². The number of hydrogen-bond donors (Lipinski definition) is 1. The van der Waals surface area contributed by atoms with Gasteiger partial charge in [-0.1, -0.05) is 11.6 Å². The summed E-state index contributed by atoms with van der Waals surface area (Å²) in [6.07, 6.45) is 3.78. The summed E-state index contributed by atoms with van der Waals surface area (Å²) in [5, 5.41) is 2.77. The molecule has 0 bridgehead atoms. The van der Waals surface area contributed by atoms with E-state index in [9.17, 15) is 17.6 Å². The molecule has 0 aromatic heterocycles.